The van der Waals surface area contributed by atoms with E-state index >= 15 is 0 Å². The summed E-state index contributed by atoms with van der Waals surface area (Å²) in [6.45, 7) is 0. The molecule has 294 valence electrons. The number of benzene rings is 9. The van der Waals surface area contributed by atoms with Gasteiger partial charge in [-0.1, -0.05) is 146 Å². The molecule has 4 aromatic heterocycles. The Morgan fingerprint density at radius 3 is 1.54 bits per heavy atom. The molecule has 0 unspecified atom stereocenters. The van der Waals surface area contributed by atoms with Crippen LogP contribution in [0.3, 0.4) is 0 Å². The first-order valence-corrected chi connectivity index (χ1v) is 21.3. The Bertz CT molecular complexity index is 3830. The van der Waals surface area contributed by atoms with E-state index in [9.17, 15) is 0 Å². The molecule has 0 N–H and O–H groups in total. The van der Waals surface area contributed by atoms with Crippen molar-refractivity contribution in [3.63, 3.8) is 0 Å². The molecular weight excluding hydrogens is 769 g/mol. The minimum absolute atomic E-state index is 0.580. The average Bonchev–Trinajstić information content (AvgIpc) is 4.05. The third kappa shape index (κ3) is 5.55. The lowest BCUT2D eigenvalue weighted by Crippen LogP contribution is -2.06. The highest BCUT2D eigenvalue weighted by Gasteiger charge is 2.21. The summed E-state index contributed by atoms with van der Waals surface area (Å²) in [5.74, 6) is 1.84. The van der Waals surface area contributed by atoms with Crippen LogP contribution in [-0.2, 0) is 0 Å². The van der Waals surface area contributed by atoms with Gasteiger partial charge in [-0.3, -0.25) is 4.57 Å². The first-order valence-electron chi connectivity index (χ1n) is 21.3. The van der Waals surface area contributed by atoms with Crippen molar-refractivity contribution >= 4 is 65.3 Å². The van der Waals surface area contributed by atoms with Crippen LogP contribution in [0.25, 0.3) is 117 Å². The Morgan fingerprint density at radius 1 is 0.317 bits per heavy atom. The van der Waals surface area contributed by atoms with E-state index in [1.807, 2.05) is 60.7 Å². The third-order valence-electron chi connectivity index (χ3n) is 12.5. The topological polar surface area (TPSA) is 53.5 Å². The van der Waals surface area contributed by atoms with Crippen molar-refractivity contribution < 1.29 is 0 Å². The van der Waals surface area contributed by atoms with Gasteiger partial charge in [0.15, 0.2) is 11.6 Å². The molecule has 0 aliphatic carbocycles. The van der Waals surface area contributed by atoms with E-state index in [0.29, 0.717) is 17.6 Å². The van der Waals surface area contributed by atoms with Crippen molar-refractivity contribution in [2.45, 2.75) is 0 Å². The fourth-order valence-electron chi connectivity index (χ4n) is 9.66. The fraction of sp³-hybridized carbons (Fsp3) is 0. The molecule has 0 atom stereocenters. The highest BCUT2D eigenvalue weighted by atomic mass is 15.2. The van der Waals surface area contributed by atoms with Gasteiger partial charge in [-0.15, -0.1) is 0 Å². The largest absolute Gasteiger partial charge is 0.316 e. The molecule has 0 saturated carbocycles. The van der Waals surface area contributed by atoms with Gasteiger partial charge in [0.2, 0.25) is 5.95 Å². The van der Waals surface area contributed by atoms with Gasteiger partial charge >= 0.3 is 0 Å². The van der Waals surface area contributed by atoms with Crippen LogP contribution in [0.15, 0.2) is 219 Å². The van der Waals surface area contributed by atoms with E-state index < -0.39 is 0 Å². The number of hydrogen-bond acceptors (Lipinski definition) is 3. The second kappa shape index (κ2) is 14.0. The van der Waals surface area contributed by atoms with E-state index in [4.69, 9.17) is 15.0 Å². The number of rotatable bonds is 6. The Hall–Kier alpha value is -8.61. The molecule has 0 aliphatic heterocycles. The zero-order chi connectivity index (χ0) is 41.4. The molecule has 13 rings (SSSR count). The molecule has 0 radical (unpaired) electrons. The molecule has 63 heavy (non-hydrogen) atoms. The van der Waals surface area contributed by atoms with Gasteiger partial charge in [0.05, 0.1) is 27.6 Å². The SMILES string of the molecule is c1ccc(-c2nc(-c3ccccc3)nc(-n3c4ccccc4c4cc(-c5ccc6c(c5)c5c7ccc8ccn(-c9ccccc9)c8c7ccc5n6-c5ccccc5)ccc43)n2)cc1. The Labute approximate surface area is 362 Å². The van der Waals surface area contributed by atoms with Crippen LogP contribution in [0.1, 0.15) is 0 Å². The molecule has 0 amide bonds. The minimum atomic E-state index is 0.580. The summed E-state index contributed by atoms with van der Waals surface area (Å²) in [5, 5.41) is 8.40. The monoisotopic (exact) mass is 804 g/mol. The van der Waals surface area contributed by atoms with E-state index in [2.05, 4.69) is 172 Å². The Morgan fingerprint density at radius 2 is 0.857 bits per heavy atom. The number of nitrogens with zero attached hydrogens (tertiary/aromatic N) is 6. The molecule has 0 aliphatic rings. The summed E-state index contributed by atoms with van der Waals surface area (Å²) >= 11 is 0. The summed E-state index contributed by atoms with van der Waals surface area (Å²) in [4.78, 5) is 15.3. The normalized spacial score (nSPS) is 11.8. The maximum absolute atomic E-state index is 5.14. The number of aromatic nitrogens is 6. The highest BCUT2D eigenvalue weighted by Crippen LogP contribution is 2.42. The molecule has 13 aromatic rings. The van der Waals surface area contributed by atoms with Gasteiger partial charge in [0.25, 0.3) is 0 Å². The van der Waals surface area contributed by atoms with Gasteiger partial charge in [-0.05, 0) is 83.2 Å². The molecular formula is C57H36N6. The van der Waals surface area contributed by atoms with E-state index in [-0.39, 0.29) is 0 Å². The fourth-order valence-corrected chi connectivity index (χ4v) is 9.66. The lowest BCUT2D eigenvalue weighted by Gasteiger charge is -2.11. The standard InChI is InChI=1S/C57H36N6/c1-5-15-38(16-6-1)55-58-56(39-17-7-2-8-18-39)60-57(59-55)63-49-24-14-13-23-44(49)47-35-40(26-30-50(47)63)41-27-31-51-48(36-41)53-45-28-25-37-33-34-61(42-19-9-3-10-20-42)54(37)46(45)29-32-52(53)62(51)43-21-11-4-12-22-43/h1-36H. The maximum Gasteiger partial charge on any atom is 0.238 e. The molecule has 0 fully saturated rings. The van der Waals surface area contributed by atoms with Crippen LogP contribution < -0.4 is 0 Å². The first kappa shape index (κ1) is 35.2. The first-order chi connectivity index (χ1) is 31.2. The predicted molar refractivity (Wildman–Crippen MR) is 259 cm³/mol. The third-order valence-corrected chi connectivity index (χ3v) is 12.5. The number of fused-ring (bicyclic) bond motifs is 10. The van der Waals surface area contributed by atoms with Gasteiger partial charge in [0, 0.05) is 61.0 Å². The van der Waals surface area contributed by atoms with Crippen molar-refractivity contribution in [1.82, 2.24) is 28.7 Å². The summed E-state index contributed by atoms with van der Waals surface area (Å²) < 4.78 is 6.91. The van der Waals surface area contributed by atoms with Crippen molar-refractivity contribution in [2.75, 3.05) is 0 Å². The highest BCUT2D eigenvalue weighted by molar-refractivity contribution is 6.25. The molecule has 0 bridgehead atoms. The Balaban J connectivity index is 1.03. The number of hydrogen-bond donors (Lipinski definition) is 0. The van der Waals surface area contributed by atoms with Crippen LogP contribution in [-0.4, -0.2) is 28.7 Å². The minimum Gasteiger partial charge on any atom is -0.316 e. The van der Waals surface area contributed by atoms with E-state index in [0.717, 1.165) is 55.4 Å². The molecule has 6 nitrogen and oxygen atoms in total. The second-order valence-electron chi connectivity index (χ2n) is 16.1. The zero-order valence-electron chi connectivity index (χ0n) is 34.0. The quantitative estimate of drug-likeness (QED) is 0.168. The van der Waals surface area contributed by atoms with Gasteiger partial charge in [-0.25, -0.2) is 4.98 Å². The second-order valence-corrected chi connectivity index (χ2v) is 16.1. The van der Waals surface area contributed by atoms with Crippen LogP contribution in [0, 0.1) is 0 Å². The van der Waals surface area contributed by atoms with Crippen molar-refractivity contribution in [2.24, 2.45) is 0 Å². The van der Waals surface area contributed by atoms with Gasteiger partial charge in [-0.2, -0.15) is 9.97 Å². The average molecular weight is 805 g/mol. The van der Waals surface area contributed by atoms with Crippen LogP contribution in [0.2, 0.25) is 0 Å². The summed E-state index contributed by atoms with van der Waals surface area (Å²) in [6, 6.07) is 75.3. The predicted octanol–water partition coefficient (Wildman–Crippen LogP) is 14.2. The maximum atomic E-state index is 5.14. The van der Waals surface area contributed by atoms with Gasteiger partial charge < -0.3 is 9.13 Å². The Kier molecular flexibility index (Phi) is 7.80. The lowest BCUT2D eigenvalue weighted by molar-refractivity contribution is 0.953. The van der Waals surface area contributed by atoms with Crippen LogP contribution in [0.4, 0.5) is 0 Å². The summed E-state index contributed by atoms with van der Waals surface area (Å²) in [6.07, 6.45) is 2.19. The molecule has 4 heterocycles. The van der Waals surface area contributed by atoms with Crippen molar-refractivity contribution in [3.05, 3.63) is 219 Å². The number of para-hydroxylation sites is 3. The van der Waals surface area contributed by atoms with Crippen LogP contribution in [0.5, 0.6) is 0 Å². The molecule has 9 aromatic carbocycles. The van der Waals surface area contributed by atoms with Crippen molar-refractivity contribution in [3.8, 4) is 51.2 Å². The summed E-state index contributed by atoms with van der Waals surface area (Å²) in [7, 11) is 0. The molecule has 6 heteroatoms. The van der Waals surface area contributed by atoms with Crippen LogP contribution >= 0.6 is 0 Å². The zero-order valence-corrected chi connectivity index (χ0v) is 34.0. The van der Waals surface area contributed by atoms with Gasteiger partial charge in [0.1, 0.15) is 0 Å². The van der Waals surface area contributed by atoms with Crippen molar-refractivity contribution in [1.29, 1.82) is 0 Å². The van der Waals surface area contributed by atoms with E-state index in [1.165, 1.54) is 43.5 Å². The molecule has 0 saturated heterocycles. The summed E-state index contributed by atoms with van der Waals surface area (Å²) in [5.41, 5.74) is 12.1. The smallest absolute Gasteiger partial charge is 0.238 e. The molecule has 0 spiro atoms. The van der Waals surface area contributed by atoms with E-state index in [1.54, 1.807) is 0 Å². The lowest BCUT2D eigenvalue weighted by atomic mass is 9.98.